The molecule has 2 heterocycles. The molecule has 1 aromatic carbocycles. The van der Waals surface area contributed by atoms with Gasteiger partial charge in [-0.1, -0.05) is 29.6 Å². The summed E-state index contributed by atoms with van der Waals surface area (Å²) in [5.41, 5.74) is 2.47. The van der Waals surface area contributed by atoms with Gasteiger partial charge < -0.3 is 15.0 Å². The van der Waals surface area contributed by atoms with E-state index in [1.807, 2.05) is 36.9 Å². The van der Waals surface area contributed by atoms with Crippen molar-refractivity contribution in [3.8, 4) is 22.4 Å². The molecule has 3 unspecified atom stereocenters. The van der Waals surface area contributed by atoms with Gasteiger partial charge in [0.25, 0.3) is 0 Å². The molecule has 3 aliphatic rings. The van der Waals surface area contributed by atoms with Gasteiger partial charge in [-0.2, -0.15) is 5.26 Å². The number of benzene rings is 1. The van der Waals surface area contributed by atoms with Crippen LogP contribution >= 0.6 is 11.3 Å². The first-order chi connectivity index (χ1) is 17.4. The summed E-state index contributed by atoms with van der Waals surface area (Å²) < 4.78 is 5.76. The Bertz CT molecular complexity index is 1240. The molecule has 1 amide bonds. The van der Waals surface area contributed by atoms with Crippen LogP contribution in [0.15, 0.2) is 42.0 Å². The normalized spacial score (nSPS) is 25.1. The number of allylic oxidation sites excluding steroid dienone is 3. The quantitative estimate of drug-likeness (QED) is 0.593. The van der Waals surface area contributed by atoms with Gasteiger partial charge in [0.1, 0.15) is 21.8 Å². The maximum absolute atomic E-state index is 12.6. The molecule has 0 bridgehead atoms. The molecule has 0 spiro atoms. The largest absolute Gasteiger partial charge is 0.490 e. The van der Waals surface area contributed by atoms with Gasteiger partial charge in [-0.05, 0) is 76.1 Å². The number of hydrogen-bond donors (Lipinski definition) is 1. The third-order valence-corrected chi connectivity index (χ3v) is 8.78. The van der Waals surface area contributed by atoms with Crippen LogP contribution < -0.4 is 10.1 Å². The Kier molecular flexibility index (Phi) is 6.96. The van der Waals surface area contributed by atoms with E-state index in [2.05, 4.69) is 46.7 Å². The number of carbonyl (C=O) groups excluding carboxylic acids is 1. The highest BCUT2D eigenvalue weighted by atomic mass is 32.1. The molecule has 1 saturated carbocycles. The SMILES string of the molecule is CC(C)Oc1ccc(-c2nnc(C3(C)C=CC=C4C(NCC(=O)N5CCCC5)CCC43)s2)cc1C#N. The Morgan fingerprint density at radius 3 is 2.86 bits per heavy atom. The maximum atomic E-state index is 12.6. The van der Waals surface area contributed by atoms with Crippen LogP contribution in [0.1, 0.15) is 57.0 Å². The van der Waals surface area contributed by atoms with Crippen LogP contribution in [0.5, 0.6) is 5.75 Å². The number of nitrogens with one attached hydrogen (secondary N) is 1. The molecule has 2 aromatic rings. The van der Waals surface area contributed by atoms with Crippen LogP contribution in [0.4, 0.5) is 0 Å². The van der Waals surface area contributed by atoms with Gasteiger partial charge in [-0.3, -0.25) is 4.79 Å². The number of aromatic nitrogens is 2. The van der Waals surface area contributed by atoms with Crippen molar-refractivity contribution in [2.75, 3.05) is 19.6 Å². The monoisotopic (exact) mass is 503 g/mol. The molecule has 1 aromatic heterocycles. The first kappa shape index (κ1) is 24.7. The van der Waals surface area contributed by atoms with Crippen molar-refractivity contribution >= 4 is 17.2 Å². The lowest BCUT2D eigenvalue weighted by Crippen LogP contribution is -2.41. The van der Waals surface area contributed by atoms with Crippen molar-refractivity contribution < 1.29 is 9.53 Å². The van der Waals surface area contributed by atoms with E-state index in [0.29, 0.717) is 23.8 Å². The second kappa shape index (κ2) is 10.2. The summed E-state index contributed by atoms with van der Waals surface area (Å²) in [4.78, 5) is 14.5. The predicted molar refractivity (Wildman–Crippen MR) is 141 cm³/mol. The highest BCUT2D eigenvalue weighted by Crippen LogP contribution is 2.49. The summed E-state index contributed by atoms with van der Waals surface area (Å²) in [5.74, 6) is 1.12. The number of fused-ring (bicyclic) bond motifs is 1. The van der Waals surface area contributed by atoms with E-state index in [1.54, 1.807) is 11.3 Å². The molecule has 36 heavy (non-hydrogen) atoms. The van der Waals surface area contributed by atoms with E-state index >= 15 is 0 Å². The molecule has 1 N–H and O–H groups in total. The van der Waals surface area contributed by atoms with Crippen LogP contribution in [-0.4, -0.2) is 52.8 Å². The van der Waals surface area contributed by atoms with Crippen LogP contribution in [0.3, 0.4) is 0 Å². The number of nitriles is 1. The van der Waals surface area contributed by atoms with Gasteiger partial charge in [0.05, 0.1) is 18.2 Å². The van der Waals surface area contributed by atoms with E-state index in [4.69, 9.17) is 4.74 Å². The summed E-state index contributed by atoms with van der Waals surface area (Å²) in [6.07, 6.45) is 10.9. The first-order valence-electron chi connectivity index (χ1n) is 12.8. The number of ether oxygens (including phenoxy) is 1. The number of rotatable bonds is 7. The standard InChI is InChI=1S/C28H33N5O2S/c1-18(2)35-24-11-8-19(15-20(24)16-29)26-31-32-27(36-26)28(3)12-6-7-21-22(28)9-10-23(21)30-17-25(34)33-13-4-5-14-33/h6-8,11-12,15,18,22-23,30H,4-5,9-10,13-14,17H2,1-3H3. The summed E-state index contributed by atoms with van der Waals surface area (Å²) in [7, 11) is 0. The second-order valence-electron chi connectivity index (χ2n) is 10.4. The van der Waals surface area contributed by atoms with Gasteiger partial charge in [0.2, 0.25) is 5.91 Å². The minimum atomic E-state index is -0.256. The molecule has 1 saturated heterocycles. The zero-order valence-corrected chi connectivity index (χ0v) is 22.0. The molecule has 7 nitrogen and oxygen atoms in total. The Morgan fingerprint density at radius 1 is 1.31 bits per heavy atom. The molecule has 5 rings (SSSR count). The molecule has 1 aliphatic heterocycles. The average molecular weight is 504 g/mol. The summed E-state index contributed by atoms with van der Waals surface area (Å²) >= 11 is 1.58. The van der Waals surface area contributed by atoms with Crippen molar-refractivity contribution in [3.05, 3.63) is 52.6 Å². The number of carbonyl (C=O) groups is 1. The Labute approximate surface area is 216 Å². The minimum Gasteiger partial charge on any atom is -0.490 e. The fourth-order valence-corrected chi connectivity index (χ4v) is 6.68. The van der Waals surface area contributed by atoms with Crippen LogP contribution in [0.25, 0.3) is 10.6 Å². The zero-order chi connectivity index (χ0) is 25.3. The van der Waals surface area contributed by atoms with Crippen molar-refractivity contribution in [1.82, 2.24) is 20.4 Å². The van der Waals surface area contributed by atoms with Crippen LogP contribution in [0, 0.1) is 17.2 Å². The van der Waals surface area contributed by atoms with Crippen molar-refractivity contribution in [2.24, 2.45) is 5.92 Å². The van der Waals surface area contributed by atoms with Gasteiger partial charge in [-0.25, -0.2) is 0 Å². The average Bonchev–Trinajstić information content (AvgIpc) is 3.64. The topological polar surface area (TPSA) is 91.1 Å². The van der Waals surface area contributed by atoms with E-state index < -0.39 is 0 Å². The molecule has 188 valence electrons. The Hall–Kier alpha value is -3.02. The third-order valence-electron chi connectivity index (χ3n) is 7.56. The molecule has 2 fully saturated rings. The van der Waals surface area contributed by atoms with Crippen molar-refractivity contribution in [1.29, 1.82) is 5.26 Å². The maximum Gasteiger partial charge on any atom is 0.236 e. The lowest BCUT2D eigenvalue weighted by molar-refractivity contribution is -0.129. The van der Waals surface area contributed by atoms with E-state index in [0.717, 1.165) is 54.4 Å². The smallest absolute Gasteiger partial charge is 0.236 e. The fraction of sp³-hybridized carbons (Fsp3) is 0.500. The fourth-order valence-electron chi connectivity index (χ4n) is 5.66. The van der Waals surface area contributed by atoms with Crippen LogP contribution in [-0.2, 0) is 10.2 Å². The zero-order valence-electron chi connectivity index (χ0n) is 21.2. The lowest BCUT2D eigenvalue weighted by atomic mass is 9.71. The highest BCUT2D eigenvalue weighted by molar-refractivity contribution is 7.14. The molecule has 8 heteroatoms. The van der Waals surface area contributed by atoms with Gasteiger partial charge in [-0.15, -0.1) is 10.2 Å². The predicted octanol–water partition coefficient (Wildman–Crippen LogP) is 4.61. The van der Waals surface area contributed by atoms with E-state index in [-0.39, 0.29) is 23.5 Å². The second-order valence-corrected chi connectivity index (χ2v) is 11.3. The number of hydrogen-bond acceptors (Lipinski definition) is 7. The van der Waals surface area contributed by atoms with Crippen molar-refractivity contribution in [3.63, 3.8) is 0 Å². The van der Waals surface area contributed by atoms with Crippen LogP contribution in [0.2, 0.25) is 0 Å². The molecular weight excluding hydrogens is 470 g/mol. The van der Waals surface area contributed by atoms with Gasteiger partial charge in [0, 0.05) is 30.1 Å². The molecular formula is C28H33N5O2S. The highest BCUT2D eigenvalue weighted by Gasteiger charge is 2.45. The molecule has 0 radical (unpaired) electrons. The summed E-state index contributed by atoms with van der Waals surface area (Å²) in [5, 5.41) is 24.1. The van der Waals surface area contributed by atoms with Gasteiger partial charge >= 0.3 is 0 Å². The van der Waals surface area contributed by atoms with Gasteiger partial charge in [0.15, 0.2) is 0 Å². The molecule has 3 atom stereocenters. The first-order valence-corrected chi connectivity index (χ1v) is 13.7. The number of likely N-dealkylation sites (tertiary alicyclic amines) is 1. The summed E-state index contributed by atoms with van der Waals surface area (Å²) in [6.45, 7) is 8.31. The van der Waals surface area contributed by atoms with E-state index in [1.165, 1.54) is 5.57 Å². The number of amides is 1. The van der Waals surface area contributed by atoms with Crippen molar-refractivity contribution in [2.45, 2.75) is 64.0 Å². The summed E-state index contributed by atoms with van der Waals surface area (Å²) in [6, 6.07) is 8.07. The lowest BCUT2D eigenvalue weighted by Gasteiger charge is -2.34. The molecule has 2 aliphatic carbocycles. The Morgan fingerprint density at radius 2 is 2.11 bits per heavy atom. The Balaban J connectivity index is 1.31. The van der Waals surface area contributed by atoms with E-state index in [9.17, 15) is 10.1 Å². The third kappa shape index (κ3) is 4.70. The minimum absolute atomic E-state index is 0.000522. The number of nitrogens with zero attached hydrogens (tertiary/aromatic N) is 4.